The molecule has 0 spiro atoms. The third-order valence-corrected chi connectivity index (χ3v) is 2.65. The van der Waals surface area contributed by atoms with Gasteiger partial charge < -0.3 is 9.64 Å². The van der Waals surface area contributed by atoms with Gasteiger partial charge in [-0.15, -0.1) is 0 Å². The molecule has 1 aromatic rings. The summed E-state index contributed by atoms with van der Waals surface area (Å²) in [4.78, 5) is 6.58. The summed E-state index contributed by atoms with van der Waals surface area (Å²) in [5.74, 6) is 0. The van der Waals surface area contributed by atoms with Gasteiger partial charge in [-0.3, -0.25) is 4.98 Å². The van der Waals surface area contributed by atoms with E-state index in [2.05, 4.69) is 36.1 Å². The molecule has 1 aromatic heterocycles. The van der Waals surface area contributed by atoms with E-state index in [4.69, 9.17) is 4.74 Å². The van der Waals surface area contributed by atoms with Crippen molar-refractivity contribution >= 4 is 0 Å². The van der Waals surface area contributed by atoms with Gasteiger partial charge in [0.05, 0.1) is 0 Å². The molecule has 0 aliphatic carbocycles. The lowest BCUT2D eigenvalue weighted by Crippen LogP contribution is -2.15. The highest BCUT2D eigenvalue weighted by Crippen LogP contribution is 2.06. The first kappa shape index (κ1) is 14.1. The van der Waals surface area contributed by atoms with E-state index >= 15 is 0 Å². The molecule has 0 saturated heterocycles. The van der Waals surface area contributed by atoms with E-state index in [1.165, 1.54) is 11.3 Å². The fourth-order valence-corrected chi connectivity index (χ4v) is 1.68. The van der Waals surface area contributed by atoms with Gasteiger partial charge in [0.15, 0.2) is 0 Å². The van der Waals surface area contributed by atoms with Gasteiger partial charge in [-0.2, -0.15) is 0 Å². The number of rotatable bonds is 8. The van der Waals surface area contributed by atoms with E-state index in [0.717, 1.165) is 39.0 Å². The van der Waals surface area contributed by atoms with Crippen LogP contribution >= 0.6 is 0 Å². The Labute approximate surface area is 105 Å². The molecule has 0 unspecified atom stereocenters. The number of aromatic nitrogens is 1. The van der Waals surface area contributed by atoms with Gasteiger partial charge >= 0.3 is 0 Å². The van der Waals surface area contributed by atoms with Crippen molar-refractivity contribution in [1.82, 2.24) is 9.88 Å². The van der Waals surface area contributed by atoms with Gasteiger partial charge in [-0.1, -0.05) is 0 Å². The van der Waals surface area contributed by atoms with Crippen LogP contribution < -0.4 is 0 Å². The second-order valence-corrected chi connectivity index (χ2v) is 4.51. The SMILES string of the molecule is CCOCCCc1ccnc(CCN(C)C)c1. The van der Waals surface area contributed by atoms with Crippen LogP contribution in [0, 0.1) is 0 Å². The molecule has 96 valence electrons. The Morgan fingerprint density at radius 2 is 2.12 bits per heavy atom. The van der Waals surface area contributed by atoms with Crippen molar-refractivity contribution in [2.24, 2.45) is 0 Å². The maximum Gasteiger partial charge on any atom is 0.0469 e. The largest absolute Gasteiger partial charge is 0.382 e. The second-order valence-electron chi connectivity index (χ2n) is 4.51. The molecule has 0 aliphatic rings. The molecular formula is C14H24N2O. The Balaban J connectivity index is 2.37. The summed E-state index contributed by atoms with van der Waals surface area (Å²) in [7, 11) is 4.18. The molecule has 1 heterocycles. The van der Waals surface area contributed by atoms with Crippen LogP contribution in [0.25, 0.3) is 0 Å². The molecule has 0 aliphatic heterocycles. The lowest BCUT2D eigenvalue weighted by atomic mass is 10.1. The van der Waals surface area contributed by atoms with Crippen LogP contribution in [0.3, 0.4) is 0 Å². The second kappa shape index (κ2) is 8.20. The Hall–Kier alpha value is -0.930. The minimum absolute atomic E-state index is 0.810. The predicted molar refractivity (Wildman–Crippen MR) is 71.3 cm³/mol. The van der Waals surface area contributed by atoms with E-state index in [-0.39, 0.29) is 0 Å². The summed E-state index contributed by atoms with van der Waals surface area (Å²) in [6.07, 6.45) is 5.11. The normalized spacial score (nSPS) is 11.1. The van der Waals surface area contributed by atoms with Gasteiger partial charge in [0.1, 0.15) is 0 Å². The number of likely N-dealkylation sites (N-methyl/N-ethyl adjacent to an activating group) is 1. The van der Waals surface area contributed by atoms with Gasteiger partial charge in [0, 0.05) is 38.1 Å². The molecule has 1 rings (SSSR count). The van der Waals surface area contributed by atoms with E-state index in [1.54, 1.807) is 0 Å². The van der Waals surface area contributed by atoms with Crippen molar-refractivity contribution in [1.29, 1.82) is 0 Å². The molecule has 0 saturated carbocycles. The number of pyridine rings is 1. The van der Waals surface area contributed by atoms with Crippen molar-refractivity contribution in [2.75, 3.05) is 33.9 Å². The maximum absolute atomic E-state index is 5.34. The van der Waals surface area contributed by atoms with Gasteiger partial charge in [-0.05, 0) is 51.6 Å². The van der Waals surface area contributed by atoms with Crippen molar-refractivity contribution in [3.05, 3.63) is 29.6 Å². The Morgan fingerprint density at radius 3 is 2.82 bits per heavy atom. The zero-order valence-corrected chi connectivity index (χ0v) is 11.3. The highest BCUT2D eigenvalue weighted by atomic mass is 16.5. The number of hydrogen-bond acceptors (Lipinski definition) is 3. The van der Waals surface area contributed by atoms with Crippen LogP contribution in [0.5, 0.6) is 0 Å². The van der Waals surface area contributed by atoms with E-state index in [9.17, 15) is 0 Å². The van der Waals surface area contributed by atoms with Gasteiger partial charge in [0.2, 0.25) is 0 Å². The summed E-state index contributed by atoms with van der Waals surface area (Å²) in [6.45, 7) is 4.75. The summed E-state index contributed by atoms with van der Waals surface area (Å²) in [5, 5.41) is 0. The van der Waals surface area contributed by atoms with Gasteiger partial charge in [-0.25, -0.2) is 0 Å². The summed E-state index contributed by atoms with van der Waals surface area (Å²) < 4.78 is 5.34. The molecule has 3 heteroatoms. The number of hydrogen-bond donors (Lipinski definition) is 0. The maximum atomic E-state index is 5.34. The highest BCUT2D eigenvalue weighted by Gasteiger charge is 1.99. The van der Waals surface area contributed by atoms with Crippen molar-refractivity contribution in [2.45, 2.75) is 26.2 Å². The van der Waals surface area contributed by atoms with Gasteiger partial charge in [0.25, 0.3) is 0 Å². The van der Waals surface area contributed by atoms with Crippen molar-refractivity contribution in [3.63, 3.8) is 0 Å². The molecule has 0 fully saturated rings. The minimum atomic E-state index is 0.810. The third-order valence-electron chi connectivity index (χ3n) is 2.65. The van der Waals surface area contributed by atoms with E-state index in [1.807, 2.05) is 13.1 Å². The molecule has 0 bridgehead atoms. The van der Waals surface area contributed by atoms with Crippen molar-refractivity contribution in [3.8, 4) is 0 Å². The zero-order valence-electron chi connectivity index (χ0n) is 11.3. The molecule has 3 nitrogen and oxygen atoms in total. The standard InChI is InChI=1S/C14H24N2O/c1-4-17-11-5-6-13-7-9-15-14(12-13)8-10-16(2)3/h7,9,12H,4-6,8,10-11H2,1-3H3. The van der Waals surface area contributed by atoms with Crippen LogP contribution in [-0.4, -0.2) is 43.7 Å². The van der Waals surface area contributed by atoms with E-state index < -0.39 is 0 Å². The smallest absolute Gasteiger partial charge is 0.0469 e. The molecule has 0 amide bonds. The predicted octanol–water partition coefficient (Wildman–Crippen LogP) is 2.15. The zero-order chi connectivity index (χ0) is 12.5. The lowest BCUT2D eigenvalue weighted by molar-refractivity contribution is 0.145. The van der Waals surface area contributed by atoms with Crippen LogP contribution in [0.4, 0.5) is 0 Å². The quantitative estimate of drug-likeness (QED) is 0.647. The number of nitrogens with zero attached hydrogens (tertiary/aromatic N) is 2. The summed E-state index contributed by atoms with van der Waals surface area (Å²) in [5.41, 5.74) is 2.56. The fraction of sp³-hybridized carbons (Fsp3) is 0.643. The minimum Gasteiger partial charge on any atom is -0.382 e. The van der Waals surface area contributed by atoms with Crippen LogP contribution in [-0.2, 0) is 17.6 Å². The first-order valence-electron chi connectivity index (χ1n) is 6.38. The average Bonchev–Trinajstić information content (AvgIpc) is 2.33. The Morgan fingerprint density at radius 1 is 1.29 bits per heavy atom. The summed E-state index contributed by atoms with van der Waals surface area (Å²) in [6, 6.07) is 4.32. The summed E-state index contributed by atoms with van der Waals surface area (Å²) >= 11 is 0. The molecule has 0 radical (unpaired) electrons. The lowest BCUT2D eigenvalue weighted by Gasteiger charge is -2.09. The first-order chi connectivity index (χ1) is 8.22. The number of ether oxygens (including phenoxy) is 1. The highest BCUT2D eigenvalue weighted by molar-refractivity contribution is 5.16. The third kappa shape index (κ3) is 6.39. The molecule has 0 atom stereocenters. The van der Waals surface area contributed by atoms with Crippen LogP contribution in [0.15, 0.2) is 18.3 Å². The Kier molecular flexibility index (Phi) is 6.82. The van der Waals surface area contributed by atoms with E-state index in [0.29, 0.717) is 0 Å². The molecule has 17 heavy (non-hydrogen) atoms. The average molecular weight is 236 g/mol. The van der Waals surface area contributed by atoms with Crippen LogP contribution in [0.1, 0.15) is 24.6 Å². The molecule has 0 aromatic carbocycles. The Bertz CT molecular complexity index is 313. The molecular weight excluding hydrogens is 212 g/mol. The topological polar surface area (TPSA) is 25.4 Å². The monoisotopic (exact) mass is 236 g/mol. The van der Waals surface area contributed by atoms with Crippen molar-refractivity contribution < 1.29 is 4.74 Å². The van der Waals surface area contributed by atoms with Crippen LogP contribution in [0.2, 0.25) is 0 Å². The molecule has 0 N–H and O–H groups in total. The number of aryl methyl sites for hydroxylation is 1. The first-order valence-corrected chi connectivity index (χ1v) is 6.38. The fourth-order valence-electron chi connectivity index (χ4n) is 1.68.